The van der Waals surface area contributed by atoms with Crippen LogP contribution in [-0.4, -0.2) is 96.5 Å². The van der Waals surface area contributed by atoms with Gasteiger partial charge >= 0.3 is 0 Å². The zero-order valence-electron chi connectivity index (χ0n) is 17.8. The highest BCUT2D eigenvalue weighted by molar-refractivity contribution is 5.78. The SMILES string of the molecule is CCCN(CCC)C1CCN(CC(=O)N2CCN(C(C)CC)CC2)CC1. The smallest absolute Gasteiger partial charge is 0.236 e. The first-order valence-corrected chi connectivity index (χ1v) is 11.1. The van der Waals surface area contributed by atoms with E-state index in [1.807, 2.05) is 0 Å². The van der Waals surface area contributed by atoms with Crippen LogP contribution in [0.2, 0.25) is 0 Å². The normalized spacial score (nSPS) is 22.1. The molecule has 0 N–H and O–H groups in total. The summed E-state index contributed by atoms with van der Waals surface area (Å²) in [5.74, 6) is 0.339. The molecule has 0 saturated carbocycles. The Balaban J connectivity index is 1.71. The van der Waals surface area contributed by atoms with Crippen LogP contribution in [0.4, 0.5) is 0 Å². The summed E-state index contributed by atoms with van der Waals surface area (Å²) in [5.41, 5.74) is 0. The monoisotopic (exact) mass is 366 g/mol. The second kappa shape index (κ2) is 11.3. The van der Waals surface area contributed by atoms with E-state index in [-0.39, 0.29) is 0 Å². The molecule has 0 aromatic carbocycles. The maximum Gasteiger partial charge on any atom is 0.236 e. The second-order valence-electron chi connectivity index (χ2n) is 8.22. The Morgan fingerprint density at radius 2 is 1.54 bits per heavy atom. The molecular formula is C21H42N4O. The first kappa shape index (κ1) is 21.6. The van der Waals surface area contributed by atoms with Crippen molar-refractivity contribution in [3.8, 4) is 0 Å². The number of rotatable bonds is 9. The molecule has 0 aromatic rings. The van der Waals surface area contributed by atoms with Crippen LogP contribution in [0.5, 0.6) is 0 Å². The number of piperazine rings is 1. The third-order valence-corrected chi connectivity index (χ3v) is 6.34. The Bertz CT molecular complexity index is 395. The average Bonchev–Trinajstić information content (AvgIpc) is 2.68. The summed E-state index contributed by atoms with van der Waals surface area (Å²) in [5, 5.41) is 0. The lowest BCUT2D eigenvalue weighted by Gasteiger charge is -2.40. The fourth-order valence-corrected chi connectivity index (χ4v) is 4.46. The number of hydrogen-bond donors (Lipinski definition) is 0. The van der Waals surface area contributed by atoms with Gasteiger partial charge in [0.2, 0.25) is 5.91 Å². The number of hydrogen-bond acceptors (Lipinski definition) is 4. The second-order valence-corrected chi connectivity index (χ2v) is 8.22. The molecule has 5 nitrogen and oxygen atoms in total. The van der Waals surface area contributed by atoms with Gasteiger partial charge in [-0.1, -0.05) is 20.8 Å². The van der Waals surface area contributed by atoms with Gasteiger partial charge in [0.05, 0.1) is 6.54 Å². The molecule has 0 spiro atoms. The van der Waals surface area contributed by atoms with Gasteiger partial charge in [0.25, 0.3) is 0 Å². The first-order valence-electron chi connectivity index (χ1n) is 11.1. The topological polar surface area (TPSA) is 30.0 Å². The van der Waals surface area contributed by atoms with Crippen LogP contribution in [-0.2, 0) is 4.79 Å². The van der Waals surface area contributed by atoms with Crippen molar-refractivity contribution in [3.63, 3.8) is 0 Å². The zero-order chi connectivity index (χ0) is 18.9. The summed E-state index contributed by atoms with van der Waals surface area (Å²) in [6.45, 7) is 18.2. The minimum absolute atomic E-state index is 0.339. The van der Waals surface area contributed by atoms with Gasteiger partial charge < -0.3 is 9.80 Å². The molecule has 2 rings (SSSR count). The van der Waals surface area contributed by atoms with E-state index >= 15 is 0 Å². The standard InChI is InChI=1S/C21H42N4O/c1-5-10-24(11-6-2)20-8-12-22(13-9-20)18-21(26)25-16-14-23(15-17-25)19(4)7-3/h19-20H,5-18H2,1-4H3. The van der Waals surface area contributed by atoms with E-state index in [2.05, 4.69) is 47.3 Å². The van der Waals surface area contributed by atoms with Crippen LogP contribution < -0.4 is 0 Å². The lowest BCUT2D eigenvalue weighted by molar-refractivity contribution is -0.134. The van der Waals surface area contributed by atoms with Gasteiger partial charge in [-0.2, -0.15) is 0 Å². The van der Waals surface area contributed by atoms with Crippen molar-refractivity contribution in [2.75, 3.05) is 58.9 Å². The van der Waals surface area contributed by atoms with E-state index in [0.29, 0.717) is 18.5 Å². The molecule has 0 aliphatic carbocycles. The molecule has 0 bridgehead atoms. The lowest BCUT2D eigenvalue weighted by Crippen LogP contribution is -2.54. The molecule has 1 unspecified atom stereocenters. The van der Waals surface area contributed by atoms with Gasteiger partial charge in [-0.25, -0.2) is 0 Å². The number of amides is 1. The van der Waals surface area contributed by atoms with Crippen molar-refractivity contribution >= 4 is 5.91 Å². The van der Waals surface area contributed by atoms with E-state index in [9.17, 15) is 4.79 Å². The van der Waals surface area contributed by atoms with Crippen LogP contribution >= 0.6 is 0 Å². The van der Waals surface area contributed by atoms with Crippen LogP contribution in [0.15, 0.2) is 0 Å². The predicted molar refractivity (Wildman–Crippen MR) is 110 cm³/mol. The van der Waals surface area contributed by atoms with Crippen molar-refractivity contribution in [3.05, 3.63) is 0 Å². The number of carbonyl (C=O) groups is 1. The van der Waals surface area contributed by atoms with Gasteiger partial charge in [0.1, 0.15) is 0 Å². The average molecular weight is 367 g/mol. The maximum absolute atomic E-state index is 12.7. The Kier molecular flexibility index (Phi) is 9.37. The van der Waals surface area contributed by atoms with Gasteiger partial charge in [-0.05, 0) is 52.1 Å². The van der Waals surface area contributed by atoms with Crippen LogP contribution in [0.3, 0.4) is 0 Å². The highest BCUT2D eigenvalue weighted by Gasteiger charge is 2.28. The largest absolute Gasteiger partial charge is 0.339 e. The molecular weight excluding hydrogens is 324 g/mol. The summed E-state index contributed by atoms with van der Waals surface area (Å²) in [6, 6.07) is 1.36. The van der Waals surface area contributed by atoms with Crippen molar-refractivity contribution < 1.29 is 4.79 Å². The first-order chi connectivity index (χ1) is 12.6. The molecule has 5 heteroatoms. The molecule has 2 aliphatic heterocycles. The van der Waals surface area contributed by atoms with Crippen LogP contribution in [0.1, 0.15) is 59.8 Å². The molecule has 2 saturated heterocycles. The molecule has 26 heavy (non-hydrogen) atoms. The fraction of sp³-hybridized carbons (Fsp3) is 0.952. The molecule has 1 amide bonds. The summed E-state index contributed by atoms with van der Waals surface area (Å²) in [7, 11) is 0. The van der Waals surface area contributed by atoms with Crippen molar-refractivity contribution in [1.29, 1.82) is 0 Å². The van der Waals surface area contributed by atoms with Crippen molar-refractivity contribution in [1.82, 2.24) is 19.6 Å². The van der Waals surface area contributed by atoms with E-state index in [0.717, 1.165) is 45.3 Å². The van der Waals surface area contributed by atoms with E-state index in [1.165, 1.54) is 45.2 Å². The third kappa shape index (κ3) is 6.21. The van der Waals surface area contributed by atoms with Crippen LogP contribution in [0.25, 0.3) is 0 Å². The van der Waals surface area contributed by atoms with Crippen molar-refractivity contribution in [2.45, 2.75) is 71.9 Å². The Labute approximate surface area is 161 Å². The Hall–Kier alpha value is -0.650. The van der Waals surface area contributed by atoms with Crippen molar-refractivity contribution in [2.24, 2.45) is 0 Å². The predicted octanol–water partition coefficient (Wildman–Crippen LogP) is 2.52. The van der Waals surface area contributed by atoms with Gasteiger partial charge in [-0.3, -0.25) is 14.6 Å². The quantitative estimate of drug-likeness (QED) is 0.627. The minimum atomic E-state index is 0.339. The summed E-state index contributed by atoms with van der Waals surface area (Å²) in [4.78, 5) is 22.4. The fourth-order valence-electron chi connectivity index (χ4n) is 4.46. The molecule has 0 aromatic heterocycles. The molecule has 0 radical (unpaired) electrons. The molecule has 1 atom stereocenters. The van der Waals surface area contributed by atoms with Gasteiger partial charge in [0, 0.05) is 51.4 Å². The maximum atomic E-state index is 12.7. The Morgan fingerprint density at radius 3 is 2.04 bits per heavy atom. The number of carbonyl (C=O) groups excluding carboxylic acids is 1. The van der Waals surface area contributed by atoms with E-state index in [1.54, 1.807) is 0 Å². The number of piperidine rings is 1. The van der Waals surface area contributed by atoms with E-state index in [4.69, 9.17) is 0 Å². The highest BCUT2D eigenvalue weighted by atomic mass is 16.2. The summed E-state index contributed by atoms with van der Waals surface area (Å²) >= 11 is 0. The summed E-state index contributed by atoms with van der Waals surface area (Å²) < 4.78 is 0. The number of nitrogens with zero attached hydrogens (tertiary/aromatic N) is 4. The van der Waals surface area contributed by atoms with Gasteiger partial charge in [-0.15, -0.1) is 0 Å². The minimum Gasteiger partial charge on any atom is -0.339 e. The third-order valence-electron chi connectivity index (χ3n) is 6.34. The molecule has 2 heterocycles. The van der Waals surface area contributed by atoms with Crippen LogP contribution in [0, 0.1) is 0 Å². The number of likely N-dealkylation sites (tertiary alicyclic amines) is 1. The summed E-state index contributed by atoms with van der Waals surface area (Å²) in [6.07, 6.45) is 6.10. The van der Waals surface area contributed by atoms with Gasteiger partial charge in [0.15, 0.2) is 0 Å². The highest BCUT2D eigenvalue weighted by Crippen LogP contribution is 2.18. The molecule has 2 fully saturated rings. The zero-order valence-corrected chi connectivity index (χ0v) is 17.8. The molecule has 2 aliphatic rings. The lowest BCUT2D eigenvalue weighted by atomic mass is 10.0. The molecule has 152 valence electrons. The Morgan fingerprint density at radius 1 is 0.962 bits per heavy atom. The van der Waals surface area contributed by atoms with E-state index < -0.39 is 0 Å².